The molecular weight excluding hydrogens is 670 g/mol. The molecule has 0 bridgehead atoms. The molecule has 0 aliphatic heterocycles. The van der Waals surface area contributed by atoms with Crippen molar-refractivity contribution in [3.8, 4) is 0 Å². The SMILES string of the molecule is CCC(C)CC(C)(C)C(=O)CC(=O)OC(C)(CC)CC(C)(C)C(OC(=O)CCCN(C)C)C(C)(CC)CC(C)(C)OC(=O)CC(=O)C(C)(C)CC(C)C. The van der Waals surface area contributed by atoms with Gasteiger partial charge < -0.3 is 19.1 Å². The number of nitrogens with zero attached hydrogens (tertiary/aromatic N) is 1. The van der Waals surface area contributed by atoms with Gasteiger partial charge in [-0.3, -0.25) is 24.0 Å². The second-order valence-corrected chi connectivity index (χ2v) is 19.9. The van der Waals surface area contributed by atoms with Crippen LogP contribution >= 0.6 is 0 Å². The van der Waals surface area contributed by atoms with E-state index in [0.717, 1.165) is 13.0 Å². The predicted octanol–water partition coefficient (Wildman–Crippen LogP) is 9.95. The van der Waals surface area contributed by atoms with E-state index in [2.05, 4.69) is 27.7 Å². The Labute approximate surface area is 324 Å². The maximum Gasteiger partial charge on any atom is 0.313 e. The highest BCUT2D eigenvalue weighted by atomic mass is 16.6. The van der Waals surface area contributed by atoms with Crippen LogP contribution in [0.2, 0.25) is 0 Å². The first-order chi connectivity index (χ1) is 23.9. The first kappa shape index (κ1) is 50.7. The lowest BCUT2D eigenvalue weighted by molar-refractivity contribution is -0.187. The zero-order valence-electron chi connectivity index (χ0n) is 37.4. The van der Waals surface area contributed by atoms with Crippen LogP contribution in [-0.4, -0.2) is 72.3 Å². The van der Waals surface area contributed by atoms with Crippen molar-refractivity contribution in [3.63, 3.8) is 0 Å². The number of hydrogen-bond acceptors (Lipinski definition) is 9. The van der Waals surface area contributed by atoms with Gasteiger partial charge in [-0.15, -0.1) is 0 Å². The molecule has 4 unspecified atom stereocenters. The monoisotopic (exact) mass is 752 g/mol. The van der Waals surface area contributed by atoms with E-state index in [1.165, 1.54) is 0 Å². The van der Waals surface area contributed by atoms with Gasteiger partial charge in [0, 0.05) is 28.1 Å². The minimum absolute atomic E-state index is 0.134. The largest absolute Gasteiger partial charge is 0.461 e. The average molecular weight is 752 g/mol. The van der Waals surface area contributed by atoms with Crippen LogP contribution in [0.4, 0.5) is 0 Å². The molecule has 0 amide bonds. The molecular formula is C44H81NO8. The molecule has 53 heavy (non-hydrogen) atoms. The molecule has 0 N–H and O–H groups in total. The molecule has 0 aromatic carbocycles. The van der Waals surface area contributed by atoms with Crippen molar-refractivity contribution < 1.29 is 38.2 Å². The molecule has 0 heterocycles. The highest BCUT2D eigenvalue weighted by Gasteiger charge is 2.51. The third-order valence-electron chi connectivity index (χ3n) is 11.1. The molecule has 0 saturated carbocycles. The summed E-state index contributed by atoms with van der Waals surface area (Å²) in [5.74, 6) is -1.05. The molecule has 0 aromatic rings. The molecule has 0 fully saturated rings. The van der Waals surface area contributed by atoms with Crippen molar-refractivity contribution >= 4 is 29.5 Å². The summed E-state index contributed by atoms with van der Waals surface area (Å²) in [6, 6.07) is 0. The van der Waals surface area contributed by atoms with Crippen molar-refractivity contribution in [1.82, 2.24) is 4.90 Å². The Balaban J connectivity index is 6.47. The normalized spacial score (nSPS) is 16.4. The molecule has 4 atom stereocenters. The van der Waals surface area contributed by atoms with Gasteiger partial charge in [0.15, 0.2) is 0 Å². The molecule has 0 radical (unpaired) electrons. The number of ether oxygens (including phenoxy) is 3. The predicted molar refractivity (Wildman–Crippen MR) is 214 cm³/mol. The van der Waals surface area contributed by atoms with E-state index in [-0.39, 0.29) is 36.8 Å². The summed E-state index contributed by atoms with van der Waals surface area (Å²) in [6.45, 7) is 32.2. The molecule has 0 spiro atoms. The number of Topliss-reactive ketones (excluding diaryl/α,β-unsaturated/α-hetero) is 2. The first-order valence-corrected chi connectivity index (χ1v) is 20.2. The smallest absolute Gasteiger partial charge is 0.313 e. The molecule has 0 rings (SSSR count). The van der Waals surface area contributed by atoms with Crippen LogP contribution in [-0.2, 0) is 38.2 Å². The molecule has 0 aliphatic rings. The van der Waals surface area contributed by atoms with Crippen LogP contribution < -0.4 is 0 Å². The Hall–Kier alpha value is -2.29. The van der Waals surface area contributed by atoms with Crippen LogP contribution in [0.1, 0.15) is 181 Å². The molecule has 0 saturated heterocycles. The maximum atomic E-state index is 13.5. The number of hydrogen-bond donors (Lipinski definition) is 0. The molecule has 310 valence electrons. The van der Waals surface area contributed by atoms with Crippen LogP contribution in [0.25, 0.3) is 0 Å². The van der Waals surface area contributed by atoms with Gasteiger partial charge in [0.25, 0.3) is 0 Å². The highest BCUT2D eigenvalue weighted by Crippen LogP contribution is 2.49. The van der Waals surface area contributed by atoms with E-state index in [1.807, 2.05) is 102 Å². The summed E-state index contributed by atoms with van der Waals surface area (Å²) >= 11 is 0. The van der Waals surface area contributed by atoms with E-state index in [4.69, 9.17) is 14.2 Å². The summed E-state index contributed by atoms with van der Waals surface area (Å²) in [5.41, 5.74) is -4.61. The van der Waals surface area contributed by atoms with Crippen molar-refractivity contribution in [1.29, 1.82) is 0 Å². The van der Waals surface area contributed by atoms with Crippen molar-refractivity contribution in [2.75, 3.05) is 20.6 Å². The van der Waals surface area contributed by atoms with Gasteiger partial charge in [0.2, 0.25) is 0 Å². The standard InChI is InChI=1S/C44H81NO8/c1-19-32(6)28-40(9,10)34(47)26-37(50)53-44(16,21-3)29-41(11,12)38(51-35(48)23-22-24-45(17)18)43(15,20-2)30-42(13,14)52-36(49)25-33(46)39(7,8)27-31(4)5/h31-32,38H,19-30H2,1-18H3. The molecule has 0 aromatic heterocycles. The Bertz CT molecular complexity index is 1220. The van der Waals surface area contributed by atoms with E-state index in [0.29, 0.717) is 56.8 Å². The number of rotatable bonds is 26. The van der Waals surface area contributed by atoms with Crippen LogP contribution in [0.15, 0.2) is 0 Å². The van der Waals surface area contributed by atoms with Gasteiger partial charge in [-0.25, -0.2) is 0 Å². The summed E-state index contributed by atoms with van der Waals surface area (Å²) in [7, 11) is 3.92. The van der Waals surface area contributed by atoms with E-state index in [1.54, 1.807) is 0 Å². The Morgan fingerprint density at radius 1 is 0.642 bits per heavy atom. The molecule has 0 aliphatic carbocycles. The number of carbonyl (C=O) groups is 5. The lowest BCUT2D eigenvalue weighted by Gasteiger charge is -2.50. The molecule has 9 nitrogen and oxygen atoms in total. The highest BCUT2D eigenvalue weighted by molar-refractivity contribution is 5.99. The summed E-state index contributed by atoms with van der Waals surface area (Å²) < 4.78 is 18.6. The minimum Gasteiger partial charge on any atom is -0.461 e. The van der Waals surface area contributed by atoms with Crippen LogP contribution in [0, 0.1) is 33.5 Å². The number of ketones is 2. The zero-order chi connectivity index (χ0) is 41.8. The third kappa shape index (κ3) is 17.8. The van der Waals surface area contributed by atoms with E-state index < -0.39 is 50.9 Å². The third-order valence-corrected chi connectivity index (χ3v) is 11.1. The minimum atomic E-state index is -0.987. The fourth-order valence-corrected chi connectivity index (χ4v) is 8.34. The van der Waals surface area contributed by atoms with Gasteiger partial charge in [-0.2, -0.15) is 0 Å². The van der Waals surface area contributed by atoms with Crippen LogP contribution in [0.5, 0.6) is 0 Å². The molecule has 9 heteroatoms. The summed E-state index contributed by atoms with van der Waals surface area (Å²) in [4.78, 5) is 68.5. The van der Waals surface area contributed by atoms with Crippen molar-refractivity contribution in [2.45, 2.75) is 199 Å². The Morgan fingerprint density at radius 3 is 1.57 bits per heavy atom. The van der Waals surface area contributed by atoms with E-state index in [9.17, 15) is 24.0 Å². The maximum absolute atomic E-state index is 13.5. The van der Waals surface area contributed by atoms with Gasteiger partial charge in [-0.05, 0) is 98.2 Å². The Kier molecular flexibility index (Phi) is 19.7. The lowest BCUT2D eigenvalue weighted by atomic mass is 9.62. The average Bonchev–Trinajstić information content (AvgIpc) is 2.97. The van der Waals surface area contributed by atoms with E-state index >= 15 is 0 Å². The van der Waals surface area contributed by atoms with Gasteiger partial charge in [-0.1, -0.05) is 96.4 Å². The summed E-state index contributed by atoms with van der Waals surface area (Å²) in [6.07, 6.45) is 3.74. The summed E-state index contributed by atoms with van der Waals surface area (Å²) in [5, 5.41) is 0. The lowest BCUT2D eigenvalue weighted by Crippen LogP contribution is -2.52. The Morgan fingerprint density at radius 2 is 1.13 bits per heavy atom. The van der Waals surface area contributed by atoms with Crippen molar-refractivity contribution in [3.05, 3.63) is 0 Å². The fourth-order valence-electron chi connectivity index (χ4n) is 8.34. The van der Waals surface area contributed by atoms with Crippen LogP contribution in [0.3, 0.4) is 0 Å². The van der Waals surface area contributed by atoms with Gasteiger partial charge >= 0.3 is 17.9 Å². The fraction of sp³-hybridized carbons (Fsp3) is 0.886. The van der Waals surface area contributed by atoms with Gasteiger partial charge in [0.1, 0.15) is 41.7 Å². The van der Waals surface area contributed by atoms with Crippen molar-refractivity contribution in [2.24, 2.45) is 33.5 Å². The first-order valence-electron chi connectivity index (χ1n) is 20.2. The van der Waals surface area contributed by atoms with Gasteiger partial charge in [0.05, 0.1) is 0 Å². The second kappa shape index (κ2) is 20.6. The topological polar surface area (TPSA) is 116 Å². The second-order valence-electron chi connectivity index (χ2n) is 19.9. The quantitative estimate of drug-likeness (QED) is 0.0484. The zero-order valence-corrected chi connectivity index (χ0v) is 37.4. The number of carbonyl (C=O) groups excluding carboxylic acids is 5. The number of esters is 3.